The second kappa shape index (κ2) is 8.00. The fourth-order valence-electron chi connectivity index (χ4n) is 2.46. The van der Waals surface area contributed by atoms with E-state index in [-0.39, 0.29) is 5.92 Å². The SMILES string of the molecule is CC(CN(CCN1CCOCC1)c1ccccc1)C(=O)O. The lowest BCUT2D eigenvalue weighted by atomic mass is 10.1. The topological polar surface area (TPSA) is 53.0 Å². The van der Waals surface area contributed by atoms with Crippen LogP contribution in [0.1, 0.15) is 6.92 Å². The summed E-state index contributed by atoms with van der Waals surface area (Å²) in [6.45, 7) is 7.55. The maximum Gasteiger partial charge on any atom is 0.308 e. The lowest BCUT2D eigenvalue weighted by Crippen LogP contribution is -2.43. The molecule has 1 saturated heterocycles. The van der Waals surface area contributed by atoms with E-state index >= 15 is 0 Å². The Kier molecular flexibility index (Phi) is 6.02. The molecular formula is C16H24N2O3. The summed E-state index contributed by atoms with van der Waals surface area (Å²) in [6, 6.07) is 10.0. The zero-order chi connectivity index (χ0) is 15.1. The molecule has 5 heteroatoms. The summed E-state index contributed by atoms with van der Waals surface area (Å²) >= 11 is 0. The lowest BCUT2D eigenvalue weighted by molar-refractivity contribution is -0.140. The van der Waals surface area contributed by atoms with Gasteiger partial charge >= 0.3 is 5.97 Å². The summed E-state index contributed by atoms with van der Waals surface area (Å²) < 4.78 is 5.35. The number of benzene rings is 1. The van der Waals surface area contributed by atoms with Gasteiger partial charge in [0.2, 0.25) is 0 Å². The predicted molar refractivity (Wildman–Crippen MR) is 82.7 cm³/mol. The van der Waals surface area contributed by atoms with Crippen LogP contribution in [0, 0.1) is 5.92 Å². The molecule has 0 spiro atoms. The third kappa shape index (κ3) is 5.02. The lowest BCUT2D eigenvalue weighted by Gasteiger charge is -2.32. The summed E-state index contributed by atoms with van der Waals surface area (Å²) in [5.74, 6) is -1.13. The Hall–Kier alpha value is -1.59. The van der Waals surface area contributed by atoms with Crippen LogP contribution in [0.2, 0.25) is 0 Å². The van der Waals surface area contributed by atoms with Crippen LogP contribution in [0.25, 0.3) is 0 Å². The number of carbonyl (C=O) groups is 1. The Labute approximate surface area is 126 Å². The number of para-hydroxylation sites is 1. The minimum Gasteiger partial charge on any atom is -0.481 e. The Morgan fingerprint density at radius 3 is 2.62 bits per heavy atom. The minimum absolute atomic E-state index is 0.380. The van der Waals surface area contributed by atoms with E-state index in [2.05, 4.69) is 9.80 Å². The standard InChI is InChI=1S/C16H24N2O3/c1-14(16(19)20)13-18(15-5-3-2-4-6-15)8-7-17-9-11-21-12-10-17/h2-6,14H,7-13H2,1H3,(H,19,20). The molecule has 0 bridgehead atoms. The first kappa shape index (κ1) is 15.8. The third-order valence-corrected chi connectivity index (χ3v) is 3.83. The van der Waals surface area contributed by atoms with Crippen molar-refractivity contribution in [3.63, 3.8) is 0 Å². The van der Waals surface area contributed by atoms with Gasteiger partial charge in [-0.2, -0.15) is 0 Å². The van der Waals surface area contributed by atoms with E-state index in [1.807, 2.05) is 30.3 Å². The molecular weight excluding hydrogens is 268 g/mol. The number of rotatable bonds is 7. The van der Waals surface area contributed by atoms with Gasteiger partial charge in [0.15, 0.2) is 0 Å². The van der Waals surface area contributed by atoms with Crippen molar-refractivity contribution in [3.05, 3.63) is 30.3 Å². The predicted octanol–water partition coefficient (Wildman–Crippen LogP) is 1.55. The van der Waals surface area contributed by atoms with Crippen molar-refractivity contribution in [1.29, 1.82) is 0 Å². The fourth-order valence-corrected chi connectivity index (χ4v) is 2.46. The van der Waals surface area contributed by atoms with Crippen LogP contribution >= 0.6 is 0 Å². The van der Waals surface area contributed by atoms with E-state index in [0.29, 0.717) is 6.54 Å². The van der Waals surface area contributed by atoms with Gasteiger partial charge in [-0.25, -0.2) is 0 Å². The van der Waals surface area contributed by atoms with Crippen molar-refractivity contribution in [2.45, 2.75) is 6.92 Å². The number of hydrogen-bond donors (Lipinski definition) is 1. The van der Waals surface area contributed by atoms with E-state index in [1.54, 1.807) is 6.92 Å². The summed E-state index contributed by atoms with van der Waals surface area (Å²) in [6.07, 6.45) is 0. The van der Waals surface area contributed by atoms with Crippen molar-refractivity contribution in [2.24, 2.45) is 5.92 Å². The smallest absolute Gasteiger partial charge is 0.308 e. The van der Waals surface area contributed by atoms with Gasteiger partial charge in [-0.1, -0.05) is 25.1 Å². The number of nitrogens with zero attached hydrogens (tertiary/aromatic N) is 2. The van der Waals surface area contributed by atoms with Crippen LogP contribution in [0.4, 0.5) is 5.69 Å². The van der Waals surface area contributed by atoms with Gasteiger partial charge in [-0.15, -0.1) is 0 Å². The largest absolute Gasteiger partial charge is 0.481 e. The first-order chi connectivity index (χ1) is 10.2. The van der Waals surface area contributed by atoms with E-state index in [4.69, 9.17) is 9.84 Å². The van der Waals surface area contributed by atoms with Gasteiger partial charge in [-0.05, 0) is 12.1 Å². The van der Waals surface area contributed by atoms with Crippen molar-refractivity contribution >= 4 is 11.7 Å². The number of anilines is 1. The summed E-state index contributed by atoms with van der Waals surface area (Å²) in [4.78, 5) is 15.6. The number of morpholine rings is 1. The first-order valence-electron chi connectivity index (χ1n) is 7.49. The molecule has 1 heterocycles. The summed E-state index contributed by atoms with van der Waals surface area (Å²) in [7, 11) is 0. The number of carboxylic acid groups (broad SMARTS) is 1. The Morgan fingerprint density at radius 2 is 2.00 bits per heavy atom. The molecule has 1 fully saturated rings. The Balaban J connectivity index is 1.96. The molecule has 0 aromatic heterocycles. The van der Waals surface area contributed by atoms with E-state index in [0.717, 1.165) is 45.1 Å². The molecule has 2 rings (SSSR count). The molecule has 21 heavy (non-hydrogen) atoms. The molecule has 1 atom stereocenters. The highest BCUT2D eigenvalue weighted by atomic mass is 16.5. The molecule has 0 amide bonds. The quantitative estimate of drug-likeness (QED) is 0.826. The number of aliphatic carboxylic acids is 1. The Morgan fingerprint density at radius 1 is 1.33 bits per heavy atom. The third-order valence-electron chi connectivity index (χ3n) is 3.83. The highest BCUT2D eigenvalue weighted by Gasteiger charge is 2.18. The van der Waals surface area contributed by atoms with Crippen LogP contribution in [0.3, 0.4) is 0 Å². The molecule has 0 aliphatic carbocycles. The zero-order valence-electron chi connectivity index (χ0n) is 12.6. The van der Waals surface area contributed by atoms with Crippen LogP contribution in [0.5, 0.6) is 0 Å². The molecule has 5 nitrogen and oxygen atoms in total. The van der Waals surface area contributed by atoms with Crippen LogP contribution in [0.15, 0.2) is 30.3 Å². The van der Waals surface area contributed by atoms with Crippen molar-refractivity contribution in [3.8, 4) is 0 Å². The van der Waals surface area contributed by atoms with Crippen LogP contribution in [-0.4, -0.2) is 61.9 Å². The molecule has 1 N–H and O–H groups in total. The average Bonchev–Trinajstić information content (AvgIpc) is 2.53. The molecule has 1 aliphatic heterocycles. The van der Waals surface area contributed by atoms with Gasteiger partial charge in [0.1, 0.15) is 0 Å². The molecule has 1 unspecified atom stereocenters. The second-order valence-corrected chi connectivity index (χ2v) is 5.47. The summed E-state index contributed by atoms with van der Waals surface area (Å²) in [5, 5.41) is 9.14. The molecule has 116 valence electrons. The van der Waals surface area contributed by atoms with Gasteiger partial charge in [0.05, 0.1) is 19.1 Å². The van der Waals surface area contributed by atoms with Crippen LogP contribution < -0.4 is 4.90 Å². The van der Waals surface area contributed by atoms with Crippen molar-refractivity contribution in [2.75, 3.05) is 50.8 Å². The summed E-state index contributed by atoms with van der Waals surface area (Å²) in [5.41, 5.74) is 1.08. The number of hydrogen-bond acceptors (Lipinski definition) is 4. The first-order valence-corrected chi connectivity index (χ1v) is 7.49. The van der Waals surface area contributed by atoms with Crippen molar-refractivity contribution in [1.82, 2.24) is 4.90 Å². The highest BCUT2D eigenvalue weighted by molar-refractivity contribution is 5.70. The van der Waals surface area contributed by atoms with Gasteiger partial charge in [-0.3, -0.25) is 9.69 Å². The molecule has 1 aromatic carbocycles. The highest BCUT2D eigenvalue weighted by Crippen LogP contribution is 2.15. The monoisotopic (exact) mass is 292 g/mol. The van der Waals surface area contributed by atoms with E-state index in [9.17, 15) is 4.79 Å². The normalized spacial score (nSPS) is 17.4. The van der Waals surface area contributed by atoms with Gasteiger partial charge in [0.25, 0.3) is 0 Å². The minimum atomic E-state index is -0.748. The maximum absolute atomic E-state index is 11.1. The molecule has 0 radical (unpaired) electrons. The van der Waals surface area contributed by atoms with E-state index < -0.39 is 5.97 Å². The van der Waals surface area contributed by atoms with Crippen LogP contribution in [-0.2, 0) is 9.53 Å². The van der Waals surface area contributed by atoms with Gasteiger partial charge < -0.3 is 14.7 Å². The molecule has 1 aliphatic rings. The van der Waals surface area contributed by atoms with Crippen molar-refractivity contribution < 1.29 is 14.6 Å². The Bertz CT molecular complexity index is 432. The fraction of sp³-hybridized carbons (Fsp3) is 0.562. The molecule has 0 saturated carbocycles. The van der Waals surface area contributed by atoms with Gasteiger partial charge in [0, 0.05) is 38.4 Å². The van der Waals surface area contributed by atoms with E-state index in [1.165, 1.54) is 0 Å². The molecule has 1 aromatic rings. The number of ether oxygens (including phenoxy) is 1. The number of carboxylic acids is 1. The second-order valence-electron chi connectivity index (χ2n) is 5.47. The average molecular weight is 292 g/mol. The maximum atomic E-state index is 11.1. The zero-order valence-corrected chi connectivity index (χ0v) is 12.6.